The molecule has 0 bridgehead atoms. The van der Waals surface area contributed by atoms with E-state index in [0.717, 1.165) is 45.8 Å². The van der Waals surface area contributed by atoms with Crippen LogP contribution in [0.3, 0.4) is 0 Å². The van der Waals surface area contributed by atoms with E-state index in [1.54, 1.807) is 0 Å². The topological polar surface area (TPSA) is 58.2 Å². The molecular formula is C29H26ClN3O2. The third-order valence-corrected chi connectivity index (χ3v) is 6.37. The predicted octanol–water partition coefficient (Wildman–Crippen LogP) is 6.25. The number of carbonyl (C=O) groups is 1. The van der Waals surface area contributed by atoms with Gasteiger partial charge in [0.15, 0.2) is 0 Å². The summed E-state index contributed by atoms with van der Waals surface area (Å²) in [6.07, 6.45) is 2.68. The number of carbonyl (C=O) groups excluding carboxylic acids is 1. The highest BCUT2D eigenvalue weighted by atomic mass is 35.5. The number of nitrogens with one attached hydrogen (secondary N) is 1. The SMILES string of the molecule is CCOc1ccc(/C=C(/C(=O)N2CCc3[nH]nc(-c4cccc(Cl)c4)c3C2)c2ccccc2)cc1. The summed E-state index contributed by atoms with van der Waals surface area (Å²) in [7, 11) is 0. The van der Waals surface area contributed by atoms with Crippen LogP contribution in [-0.4, -0.2) is 34.2 Å². The molecule has 2 heterocycles. The number of fused-ring (bicyclic) bond motifs is 1. The van der Waals surface area contributed by atoms with Crippen LogP contribution in [0.5, 0.6) is 5.75 Å². The number of benzene rings is 3. The third-order valence-electron chi connectivity index (χ3n) is 6.14. The Morgan fingerprint density at radius 2 is 1.89 bits per heavy atom. The third kappa shape index (κ3) is 5.00. The molecule has 1 aliphatic rings. The van der Waals surface area contributed by atoms with Gasteiger partial charge in [-0.1, -0.05) is 66.2 Å². The molecule has 1 N–H and O–H groups in total. The Morgan fingerprint density at radius 1 is 1.09 bits per heavy atom. The van der Waals surface area contributed by atoms with E-state index < -0.39 is 0 Å². The van der Waals surface area contributed by atoms with Crippen LogP contribution in [0.25, 0.3) is 22.9 Å². The Hall–Kier alpha value is -3.83. The minimum atomic E-state index is -0.00558. The van der Waals surface area contributed by atoms with E-state index in [2.05, 4.69) is 10.2 Å². The van der Waals surface area contributed by atoms with Crippen LogP contribution in [-0.2, 0) is 17.8 Å². The Bertz CT molecular complexity index is 1360. The highest BCUT2D eigenvalue weighted by Gasteiger charge is 2.28. The minimum absolute atomic E-state index is 0.00558. The van der Waals surface area contributed by atoms with Gasteiger partial charge in [-0.05, 0) is 48.4 Å². The lowest BCUT2D eigenvalue weighted by atomic mass is 9.97. The summed E-state index contributed by atoms with van der Waals surface area (Å²) in [6, 6.07) is 25.3. The van der Waals surface area contributed by atoms with Gasteiger partial charge < -0.3 is 9.64 Å². The molecule has 1 aliphatic heterocycles. The molecule has 6 heteroatoms. The van der Waals surface area contributed by atoms with E-state index in [4.69, 9.17) is 16.3 Å². The minimum Gasteiger partial charge on any atom is -0.494 e. The first kappa shape index (κ1) is 22.9. The normalized spacial score (nSPS) is 13.4. The van der Waals surface area contributed by atoms with Crippen LogP contribution in [0.2, 0.25) is 5.02 Å². The summed E-state index contributed by atoms with van der Waals surface area (Å²) in [6.45, 7) is 3.68. The predicted molar refractivity (Wildman–Crippen MR) is 140 cm³/mol. The van der Waals surface area contributed by atoms with E-state index in [1.165, 1.54) is 0 Å². The molecule has 176 valence electrons. The summed E-state index contributed by atoms with van der Waals surface area (Å²) < 4.78 is 5.56. The molecule has 0 saturated carbocycles. The summed E-state index contributed by atoms with van der Waals surface area (Å²) in [5, 5.41) is 8.37. The molecule has 5 nitrogen and oxygen atoms in total. The number of halogens is 1. The molecule has 0 fully saturated rings. The first-order valence-corrected chi connectivity index (χ1v) is 12.1. The molecule has 1 aromatic heterocycles. The number of amides is 1. The van der Waals surface area contributed by atoms with E-state index in [0.29, 0.717) is 30.3 Å². The number of hydrogen-bond acceptors (Lipinski definition) is 3. The molecule has 0 aliphatic carbocycles. The smallest absolute Gasteiger partial charge is 0.254 e. The lowest BCUT2D eigenvalue weighted by Gasteiger charge is -2.28. The van der Waals surface area contributed by atoms with Crippen molar-refractivity contribution >= 4 is 29.2 Å². The zero-order valence-electron chi connectivity index (χ0n) is 19.5. The fourth-order valence-electron chi connectivity index (χ4n) is 4.39. The molecule has 0 spiro atoms. The average Bonchev–Trinajstić information content (AvgIpc) is 3.32. The zero-order chi connectivity index (χ0) is 24.2. The Balaban J connectivity index is 1.47. The van der Waals surface area contributed by atoms with Gasteiger partial charge in [0.1, 0.15) is 5.75 Å². The van der Waals surface area contributed by atoms with Crippen LogP contribution in [0, 0.1) is 0 Å². The zero-order valence-corrected chi connectivity index (χ0v) is 20.3. The number of hydrogen-bond donors (Lipinski definition) is 1. The van der Waals surface area contributed by atoms with Crippen molar-refractivity contribution in [2.45, 2.75) is 19.9 Å². The van der Waals surface area contributed by atoms with Crippen molar-refractivity contribution in [2.24, 2.45) is 0 Å². The van der Waals surface area contributed by atoms with Crippen LogP contribution >= 0.6 is 11.6 Å². The molecular weight excluding hydrogens is 458 g/mol. The standard InChI is InChI=1S/C29H26ClN3O2/c1-2-35-24-13-11-20(12-14-24)17-25(21-7-4-3-5-8-21)29(34)33-16-15-27-26(19-33)28(32-31-27)22-9-6-10-23(30)18-22/h3-14,17-18H,2,15-16,19H2,1H3,(H,31,32)/b25-17+. The highest BCUT2D eigenvalue weighted by Crippen LogP contribution is 2.31. The molecule has 0 unspecified atom stereocenters. The fourth-order valence-corrected chi connectivity index (χ4v) is 4.58. The van der Waals surface area contributed by atoms with Crippen molar-refractivity contribution in [3.8, 4) is 17.0 Å². The Kier molecular flexibility index (Phi) is 6.68. The summed E-state index contributed by atoms with van der Waals surface area (Å²) >= 11 is 6.22. The van der Waals surface area contributed by atoms with Crippen molar-refractivity contribution in [3.63, 3.8) is 0 Å². The van der Waals surface area contributed by atoms with Crippen LogP contribution < -0.4 is 4.74 Å². The van der Waals surface area contributed by atoms with E-state index in [9.17, 15) is 4.79 Å². The molecule has 0 saturated heterocycles. The van der Waals surface area contributed by atoms with Gasteiger partial charge >= 0.3 is 0 Å². The quantitative estimate of drug-likeness (QED) is 0.260. The van der Waals surface area contributed by atoms with E-state index in [-0.39, 0.29) is 5.91 Å². The van der Waals surface area contributed by atoms with Gasteiger partial charge in [-0.3, -0.25) is 9.89 Å². The monoisotopic (exact) mass is 483 g/mol. The second-order valence-electron chi connectivity index (χ2n) is 8.44. The van der Waals surface area contributed by atoms with Crippen molar-refractivity contribution in [1.82, 2.24) is 15.1 Å². The molecule has 4 aromatic rings. The second kappa shape index (κ2) is 10.2. The van der Waals surface area contributed by atoms with Crippen molar-refractivity contribution in [1.29, 1.82) is 0 Å². The number of aromatic nitrogens is 2. The van der Waals surface area contributed by atoms with Gasteiger partial charge in [0.2, 0.25) is 0 Å². The van der Waals surface area contributed by atoms with Crippen LogP contribution in [0.4, 0.5) is 0 Å². The average molecular weight is 484 g/mol. The van der Waals surface area contributed by atoms with E-state index >= 15 is 0 Å². The molecule has 5 rings (SSSR count). The largest absolute Gasteiger partial charge is 0.494 e. The first-order valence-electron chi connectivity index (χ1n) is 11.7. The molecule has 3 aromatic carbocycles. The Morgan fingerprint density at radius 3 is 2.63 bits per heavy atom. The van der Waals surface area contributed by atoms with Gasteiger partial charge in [0.25, 0.3) is 5.91 Å². The number of rotatable bonds is 6. The van der Waals surface area contributed by atoms with Gasteiger partial charge in [-0.25, -0.2) is 0 Å². The summed E-state index contributed by atoms with van der Waals surface area (Å²) in [5.74, 6) is 0.809. The van der Waals surface area contributed by atoms with Crippen LogP contribution in [0.1, 0.15) is 29.3 Å². The number of ether oxygens (including phenoxy) is 1. The highest BCUT2D eigenvalue weighted by molar-refractivity contribution is 6.30. The van der Waals surface area contributed by atoms with E-state index in [1.807, 2.05) is 96.8 Å². The maximum absolute atomic E-state index is 13.9. The number of aromatic amines is 1. The number of H-pyrrole nitrogens is 1. The molecule has 1 amide bonds. The van der Waals surface area contributed by atoms with Gasteiger partial charge in [-0.15, -0.1) is 0 Å². The first-order chi connectivity index (χ1) is 17.1. The summed E-state index contributed by atoms with van der Waals surface area (Å²) in [5.41, 5.74) is 6.39. The second-order valence-corrected chi connectivity index (χ2v) is 8.88. The number of nitrogens with zero attached hydrogens (tertiary/aromatic N) is 2. The van der Waals surface area contributed by atoms with Crippen molar-refractivity contribution < 1.29 is 9.53 Å². The van der Waals surface area contributed by atoms with Gasteiger partial charge in [0, 0.05) is 46.9 Å². The summed E-state index contributed by atoms with van der Waals surface area (Å²) in [4.78, 5) is 15.8. The van der Waals surface area contributed by atoms with Gasteiger partial charge in [-0.2, -0.15) is 5.10 Å². The molecule has 0 atom stereocenters. The Labute approximate surface area is 210 Å². The molecule has 0 radical (unpaired) electrons. The lowest BCUT2D eigenvalue weighted by Crippen LogP contribution is -2.36. The molecule has 35 heavy (non-hydrogen) atoms. The van der Waals surface area contributed by atoms with Crippen molar-refractivity contribution in [3.05, 3.63) is 106 Å². The maximum Gasteiger partial charge on any atom is 0.254 e. The van der Waals surface area contributed by atoms with Crippen molar-refractivity contribution in [2.75, 3.05) is 13.2 Å². The fraction of sp³-hybridized carbons (Fsp3) is 0.172. The van der Waals surface area contributed by atoms with Gasteiger partial charge in [0.05, 0.1) is 12.3 Å². The maximum atomic E-state index is 13.9. The van der Waals surface area contributed by atoms with Crippen LogP contribution in [0.15, 0.2) is 78.9 Å². The lowest BCUT2D eigenvalue weighted by molar-refractivity contribution is -0.125.